The van der Waals surface area contributed by atoms with Gasteiger partial charge in [-0.1, -0.05) is 29.8 Å². The Hall–Kier alpha value is -1.10. The highest BCUT2D eigenvalue weighted by atomic mass is 79.9. The van der Waals surface area contributed by atoms with Crippen molar-refractivity contribution >= 4 is 27.3 Å². The van der Waals surface area contributed by atoms with Gasteiger partial charge in [0, 0.05) is 35.7 Å². The molecule has 20 heavy (non-hydrogen) atoms. The number of halogens is 1. The zero-order valence-corrected chi connectivity index (χ0v) is 13.6. The van der Waals surface area contributed by atoms with Crippen molar-refractivity contribution in [1.29, 1.82) is 0 Å². The normalized spacial score (nSPS) is 17.4. The lowest BCUT2D eigenvalue weighted by Crippen LogP contribution is -2.26. The van der Waals surface area contributed by atoms with Gasteiger partial charge in [-0.05, 0) is 36.8 Å². The Morgan fingerprint density at radius 1 is 1.40 bits per heavy atom. The van der Waals surface area contributed by atoms with Gasteiger partial charge in [-0.15, -0.1) is 0 Å². The van der Waals surface area contributed by atoms with Crippen LogP contribution in [0.1, 0.15) is 38.7 Å². The first-order valence-corrected chi connectivity index (χ1v) is 8.25. The second-order valence-electron chi connectivity index (χ2n) is 5.58. The van der Waals surface area contributed by atoms with E-state index in [1.807, 2.05) is 12.1 Å². The summed E-state index contributed by atoms with van der Waals surface area (Å²) in [6, 6.07) is 5.46. The summed E-state index contributed by atoms with van der Waals surface area (Å²) in [5.74, 6) is 0. The Kier molecular flexibility index (Phi) is 4.68. The van der Waals surface area contributed by atoms with Gasteiger partial charge in [-0.2, -0.15) is 0 Å². The van der Waals surface area contributed by atoms with Gasteiger partial charge in [0.15, 0.2) is 0 Å². The lowest BCUT2D eigenvalue weighted by molar-refractivity contribution is -0.385. The summed E-state index contributed by atoms with van der Waals surface area (Å²) in [5.41, 5.74) is 2.46. The first-order chi connectivity index (χ1) is 9.55. The van der Waals surface area contributed by atoms with Crippen molar-refractivity contribution in [1.82, 2.24) is 0 Å². The highest BCUT2D eigenvalue weighted by Gasteiger charge is 2.35. The number of alkyl halides is 1. The molecule has 110 valence electrons. The lowest BCUT2D eigenvalue weighted by Gasteiger charge is -2.27. The van der Waals surface area contributed by atoms with Crippen molar-refractivity contribution in [3.63, 3.8) is 0 Å². The lowest BCUT2D eigenvalue weighted by atomic mass is 9.82. The molecule has 0 atom stereocenters. The fourth-order valence-corrected chi connectivity index (χ4v) is 3.49. The van der Waals surface area contributed by atoms with Crippen LogP contribution in [0, 0.1) is 15.5 Å². The molecular weight excluding hydrogens is 320 g/mol. The second kappa shape index (κ2) is 6.12. The van der Waals surface area contributed by atoms with Crippen LogP contribution in [0.4, 0.5) is 11.4 Å². The van der Waals surface area contributed by atoms with E-state index < -0.39 is 0 Å². The number of nitro groups is 1. The van der Waals surface area contributed by atoms with Gasteiger partial charge in [0.25, 0.3) is 5.69 Å². The smallest absolute Gasteiger partial charge is 0.273 e. The van der Waals surface area contributed by atoms with E-state index in [1.165, 1.54) is 19.3 Å². The summed E-state index contributed by atoms with van der Waals surface area (Å²) in [6.45, 7) is 6.61. The number of benzene rings is 1. The van der Waals surface area contributed by atoms with E-state index in [0.29, 0.717) is 10.7 Å². The summed E-state index contributed by atoms with van der Waals surface area (Å²) in [7, 11) is 0. The molecular formula is C15H21BrN2O2. The maximum absolute atomic E-state index is 11.0. The number of nitrogens with zero attached hydrogens (tertiary/aromatic N) is 2. The molecule has 0 N–H and O–H groups in total. The minimum Gasteiger partial charge on any atom is -0.371 e. The van der Waals surface area contributed by atoms with Crippen molar-refractivity contribution < 1.29 is 4.92 Å². The predicted molar refractivity (Wildman–Crippen MR) is 85.6 cm³/mol. The van der Waals surface area contributed by atoms with Crippen LogP contribution >= 0.6 is 15.9 Å². The quantitative estimate of drug-likeness (QED) is 0.450. The van der Waals surface area contributed by atoms with E-state index in [4.69, 9.17) is 0 Å². The third kappa shape index (κ3) is 2.82. The van der Waals surface area contributed by atoms with Crippen LogP contribution in [0.5, 0.6) is 0 Å². The zero-order chi connectivity index (χ0) is 14.8. The fourth-order valence-electron chi connectivity index (χ4n) is 3.04. The van der Waals surface area contributed by atoms with E-state index in [2.05, 4.69) is 34.7 Å². The molecule has 5 heteroatoms. The molecule has 2 rings (SSSR count). The average Bonchev–Trinajstić information content (AvgIpc) is 2.91. The van der Waals surface area contributed by atoms with E-state index >= 15 is 0 Å². The van der Waals surface area contributed by atoms with Crippen molar-refractivity contribution in [2.75, 3.05) is 18.0 Å². The van der Waals surface area contributed by atoms with E-state index in [-0.39, 0.29) is 10.6 Å². The molecule has 1 aromatic carbocycles. The van der Waals surface area contributed by atoms with Crippen LogP contribution in [0.3, 0.4) is 0 Å². The number of anilines is 1. The zero-order valence-electron chi connectivity index (χ0n) is 12.1. The first kappa shape index (κ1) is 15.3. The van der Waals surface area contributed by atoms with Crippen LogP contribution in [0.15, 0.2) is 18.2 Å². The Morgan fingerprint density at radius 2 is 2.10 bits per heavy atom. The molecule has 0 aliphatic carbocycles. The van der Waals surface area contributed by atoms with Crippen molar-refractivity contribution in [2.24, 2.45) is 5.41 Å². The molecule has 1 fully saturated rings. The van der Waals surface area contributed by atoms with Crippen LogP contribution in [0.25, 0.3) is 0 Å². The number of nitro benzene ring substituents is 1. The molecule has 1 aliphatic heterocycles. The van der Waals surface area contributed by atoms with E-state index in [0.717, 1.165) is 24.3 Å². The first-order valence-electron chi connectivity index (χ1n) is 7.13. The molecule has 0 bridgehead atoms. The molecule has 1 saturated heterocycles. The van der Waals surface area contributed by atoms with Crippen LogP contribution in [-0.4, -0.2) is 18.0 Å². The Morgan fingerprint density at radius 3 is 2.60 bits per heavy atom. The van der Waals surface area contributed by atoms with Gasteiger partial charge in [-0.3, -0.25) is 10.1 Å². The highest BCUT2D eigenvalue weighted by Crippen LogP contribution is 2.39. The van der Waals surface area contributed by atoms with Crippen molar-refractivity contribution in [2.45, 2.75) is 38.4 Å². The topological polar surface area (TPSA) is 46.4 Å². The molecule has 0 radical (unpaired) electrons. The highest BCUT2D eigenvalue weighted by molar-refractivity contribution is 9.08. The molecule has 0 amide bonds. The number of hydrogen-bond donors (Lipinski definition) is 0. The van der Waals surface area contributed by atoms with E-state index in [9.17, 15) is 10.1 Å². The van der Waals surface area contributed by atoms with Gasteiger partial charge in [0.2, 0.25) is 0 Å². The molecule has 0 unspecified atom stereocenters. The predicted octanol–water partition coefficient (Wildman–Crippen LogP) is 4.51. The maximum Gasteiger partial charge on any atom is 0.273 e. The van der Waals surface area contributed by atoms with Gasteiger partial charge in [0.05, 0.1) is 4.92 Å². The molecule has 0 saturated carbocycles. The molecule has 1 aliphatic rings. The average molecular weight is 341 g/mol. The Balaban J connectivity index is 2.25. The molecule has 0 spiro atoms. The largest absolute Gasteiger partial charge is 0.371 e. The third-order valence-electron chi connectivity index (χ3n) is 4.71. The molecule has 1 heterocycles. The van der Waals surface area contributed by atoms with Gasteiger partial charge < -0.3 is 4.90 Å². The minimum absolute atomic E-state index is 0.196. The summed E-state index contributed by atoms with van der Waals surface area (Å²) in [6.07, 6.45) is 3.59. The summed E-state index contributed by atoms with van der Waals surface area (Å²) in [4.78, 5) is 13.0. The molecule has 4 nitrogen and oxygen atoms in total. The third-order valence-corrected chi connectivity index (χ3v) is 5.31. The fraction of sp³-hybridized carbons (Fsp3) is 0.600. The summed E-state index contributed by atoms with van der Waals surface area (Å²) < 4.78 is 0. The molecule has 1 aromatic rings. The summed E-state index contributed by atoms with van der Waals surface area (Å²) >= 11 is 3.35. The van der Waals surface area contributed by atoms with Crippen LogP contribution in [-0.2, 0) is 5.33 Å². The minimum atomic E-state index is -0.313. The number of hydrogen-bond acceptors (Lipinski definition) is 3. The van der Waals surface area contributed by atoms with Gasteiger partial charge in [-0.25, -0.2) is 0 Å². The van der Waals surface area contributed by atoms with E-state index in [1.54, 1.807) is 6.07 Å². The Labute approximate surface area is 128 Å². The second-order valence-corrected chi connectivity index (χ2v) is 6.14. The van der Waals surface area contributed by atoms with Crippen molar-refractivity contribution in [3.8, 4) is 0 Å². The maximum atomic E-state index is 11.0. The summed E-state index contributed by atoms with van der Waals surface area (Å²) in [5, 5.41) is 11.5. The van der Waals surface area contributed by atoms with Gasteiger partial charge in [0.1, 0.15) is 0 Å². The molecule has 0 aromatic heterocycles. The van der Waals surface area contributed by atoms with Crippen LogP contribution < -0.4 is 4.90 Å². The Bertz CT molecular complexity index is 501. The number of rotatable bonds is 5. The van der Waals surface area contributed by atoms with Crippen molar-refractivity contribution in [3.05, 3.63) is 33.9 Å². The monoisotopic (exact) mass is 340 g/mol. The standard InChI is InChI=1S/C15H21BrN2O2/c1-3-15(4-2)7-8-17(11-15)13-5-6-14(18(19)20)12(9-13)10-16/h5-6,9H,3-4,7-8,10-11H2,1-2H3. The SMILES string of the molecule is CCC1(CC)CCN(c2ccc([N+](=O)[O-])c(CBr)c2)C1. The van der Waals surface area contributed by atoms with Gasteiger partial charge >= 0.3 is 0 Å². The van der Waals surface area contributed by atoms with Crippen LogP contribution in [0.2, 0.25) is 0 Å².